The van der Waals surface area contributed by atoms with Crippen molar-refractivity contribution in [3.8, 4) is 5.75 Å². The Labute approximate surface area is 125 Å². The molecule has 5 nitrogen and oxygen atoms in total. The van der Waals surface area contributed by atoms with Gasteiger partial charge in [-0.05, 0) is 33.8 Å². The molecule has 0 unspecified atom stereocenters. The number of rotatable bonds is 7. The number of carboxylic acids is 1. The van der Waals surface area contributed by atoms with Crippen molar-refractivity contribution in [2.24, 2.45) is 5.41 Å². The van der Waals surface area contributed by atoms with Gasteiger partial charge in [-0.2, -0.15) is 0 Å². The first-order valence-corrected chi connectivity index (χ1v) is 6.97. The molecule has 0 fully saturated rings. The van der Waals surface area contributed by atoms with Crippen LogP contribution in [0.5, 0.6) is 5.75 Å². The Morgan fingerprint density at radius 3 is 2.48 bits per heavy atom. The lowest BCUT2D eigenvalue weighted by Gasteiger charge is -2.20. The number of amides is 1. The van der Waals surface area contributed by atoms with E-state index in [2.05, 4.69) is 5.32 Å². The van der Waals surface area contributed by atoms with Gasteiger partial charge in [0.05, 0.1) is 17.9 Å². The number of carboxylic acid groups (broad SMARTS) is 1. The summed E-state index contributed by atoms with van der Waals surface area (Å²) in [6, 6.07) is 7.35. The molecule has 21 heavy (non-hydrogen) atoms. The summed E-state index contributed by atoms with van der Waals surface area (Å²) in [4.78, 5) is 23.0. The fourth-order valence-electron chi connectivity index (χ4n) is 1.65. The van der Waals surface area contributed by atoms with E-state index in [1.807, 2.05) is 38.1 Å². The Balaban J connectivity index is 2.65. The van der Waals surface area contributed by atoms with E-state index in [0.29, 0.717) is 5.75 Å². The second kappa shape index (κ2) is 7.11. The van der Waals surface area contributed by atoms with Gasteiger partial charge in [-0.15, -0.1) is 0 Å². The van der Waals surface area contributed by atoms with Crippen LogP contribution in [0.15, 0.2) is 24.3 Å². The fraction of sp³-hybridized carbons (Fsp3) is 0.500. The highest BCUT2D eigenvalue weighted by atomic mass is 16.5. The molecule has 0 radical (unpaired) electrons. The third-order valence-electron chi connectivity index (χ3n) is 2.99. The average Bonchev–Trinajstić information content (AvgIpc) is 2.38. The topological polar surface area (TPSA) is 75.6 Å². The van der Waals surface area contributed by atoms with Crippen LogP contribution < -0.4 is 10.1 Å². The summed E-state index contributed by atoms with van der Waals surface area (Å²) in [5.41, 5.74) is -0.194. The van der Waals surface area contributed by atoms with Gasteiger partial charge >= 0.3 is 5.97 Å². The smallest absolute Gasteiger partial charge is 0.310 e. The van der Waals surface area contributed by atoms with Crippen LogP contribution in [0.1, 0.15) is 33.3 Å². The summed E-state index contributed by atoms with van der Waals surface area (Å²) in [7, 11) is 0. The van der Waals surface area contributed by atoms with Crippen LogP contribution in [0.25, 0.3) is 0 Å². The molecule has 0 saturated carbocycles. The number of nitrogens with one attached hydrogen (secondary N) is 1. The first-order valence-electron chi connectivity index (χ1n) is 6.97. The fourth-order valence-corrected chi connectivity index (χ4v) is 1.65. The Bertz CT molecular complexity index is 509. The van der Waals surface area contributed by atoms with E-state index in [0.717, 1.165) is 5.56 Å². The highest BCUT2D eigenvalue weighted by Crippen LogP contribution is 2.20. The van der Waals surface area contributed by atoms with Gasteiger partial charge in [0.1, 0.15) is 5.75 Å². The number of hydrogen-bond acceptors (Lipinski definition) is 3. The first-order chi connectivity index (χ1) is 9.72. The maximum atomic E-state index is 12.0. The van der Waals surface area contributed by atoms with E-state index in [9.17, 15) is 9.59 Å². The molecule has 0 spiro atoms. The van der Waals surface area contributed by atoms with Crippen molar-refractivity contribution in [3.63, 3.8) is 0 Å². The second-order valence-corrected chi connectivity index (χ2v) is 5.92. The van der Waals surface area contributed by atoms with E-state index >= 15 is 0 Å². The molecular weight excluding hydrogens is 270 g/mol. The third kappa shape index (κ3) is 5.45. The molecule has 1 rings (SSSR count). The number of hydrogen-bond donors (Lipinski definition) is 2. The number of carbonyl (C=O) groups is 2. The summed E-state index contributed by atoms with van der Waals surface area (Å²) in [6.07, 6.45) is 0.193. The highest BCUT2D eigenvalue weighted by molar-refractivity contribution is 5.80. The normalized spacial score (nSPS) is 11.3. The lowest BCUT2D eigenvalue weighted by Crippen LogP contribution is -2.39. The Hall–Kier alpha value is -2.04. The van der Waals surface area contributed by atoms with Crippen molar-refractivity contribution in [3.05, 3.63) is 29.8 Å². The van der Waals surface area contributed by atoms with Crippen LogP contribution in [-0.2, 0) is 16.0 Å². The molecule has 0 aliphatic rings. The lowest BCUT2D eigenvalue weighted by molar-refractivity contribution is -0.146. The molecule has 1 aromatic rings. The van der Waals surface area contributed by atoms with Gasteiger partial charge in [0, 0.05) is 12.1 Å². The van der Waals surface area contributed by atoms with E-state index in [-0.39, 0.29) is 25.0 Å². The summed E-state index contributed by atoms with van der Waals surface area (Å²) in [6.45, 7) is 7.09. The number of carbonyl (C=O) groups excluding carboxylic acids is 1. The van der Waals surface area contributed by atoms with E-state index in [1.54, 1.807) is 13.8 Å². The minimum Gasteiger partial charge on any atom is -0.491 e. The highest BCUT2D eigenvalue weighted by Gasteiger charge is 2.27. The average molecular weight is 293 g/mol. The van der Waals surface area contributed by atoms with Gasteiger partial charge < -0.3 is 15.2 Å². The van der Waals surface area contributed by atoms with Crippen LogP contribution in [0.4, 0.5) is 0 Å². The molecule has 0 atom stereocenters. The summed E-state index contributed by atoms with van der Waals surface area (Å²) in [5, 5.41) is 11.7. The van der Waals surface area contributed by atoms with Gasteiger partial charge in [-0.3, -0.25) is 9.59 Å². The van der Waals surface area contributed by atoms with Gasteiger partial charge in [-0.1, -0.05) is 18.2 Å². The van der Waals surface area contributed by atoms with Crippen LogP contribution in [0.3, 0.4) is 0 Å². The summed E-state index contributed by atoms with van der Waals surface area (Å²) in [5.74, 6) is -0.476. The summed E-state index contributed by atoms with van der Waals surface area (Å²) >= 11 is 0. The van der Waals surface area contributed by atoms with Crippen LogP contribution in [0.2, 0.25) is 0 Å². The van der Waals surface area contributed by atoms with Crippen molar-refractivity contribution >= 4 is 11.9 Å². The Morgan fingerprint density at radius 2 is 1.90 bits per heavy atom. The molecule has 1 aromatic carbocycles. The van der Waals surface area contributed by atoms with E-state index < -0.39 is 11.4 Å². The van der Waals surface area contributed by atoms with Gasteiger partial charge in [-0.25, -0.2) is 0 Å². The van der Waals surface area contributed by atoms with Crippen LogP contribution >= 0.6 is 0 Å². The largest absolute Gasteiger partial charge is 0.491 e. The zero-order valence-corrected chi connectivity index (χ0v) is 13.0. The van der Waals surface area contributed by atoms with Crippen molar-refractivity contribution in [2.75, 3.05) is 6.54 Å². The van der Waals surface area contributed by atoms with E-state index in [1.165, 1.54) is 0 Å². The van der Waals surface area contributed by atoms with E-state index in [4.69, 9.17) is 9.84 Å². The molecule has 2 N–H and O–H groups in total. The third-order valence-corrected chi connectivity index (χ3v) is 2.99. The molecule has 5 heteroatoms. The molecule has 0 saturated heterocycles. The number of benzene rings is 1. The van der Waals surface area contributed by atoms with Gasteiger partial charge in [0.2, 0.25) is 5.91 Å². The molecule has 0 heterocycles. The minimum absolute atomic E-state index is 0.0279. The zero-order valence-electron chi connectivity index (χ0n) is 13.0. The van der Waals surface area contributed by atoms with Gasteiger partial charge in [0.25, 0.3) is 0 Å². The molecule has 116 valence electrons. The predicted octanol–water partition coefficient (Wildman–Crippen LogP) is 2.24. The standard InChI is InChI=1S/C16H23NO4/c1-11(2)21-13-8-6-5-7-12(13)9-14(18)17-10-16(3,4)15(19)20/h5-8,11H,9-10H2,1-4H3,(H,17,18)(H,19,20). The number of para-hydroxylation sites is 1. The lowest BCUT2D eigenvalue weighted by atomic mass is 9.94. The molecule has 0 aliphatic carbocycles. The number of ether oxygens (including phenoxy) is 1. The quantitative estimate of drug-likeness (QED) is 0.808. The number of aliphatic carboxylic acids is 1. The van der Waals surface area contributed by atoms with Crippen molar-refractivity contribution in [1.82, 2.24) is 5.32 Å². The monoisotopic (exact) mass is 293 g/mol. The first kappa shape index (κ1) is 17.0. The second-order valence-electron chi connectivity index (χ2n) is 5.92. The molecule has 1 amide bonds. The molecular formula is C16H23NO4. The Kier molecular flexibility index (Phi) is 5.76. The predicted molar refractivity (Wildman–Crippen MR) is 80.3 cm³/mol. The van der Waals surface area contributed by atoms with Crippen LogP contribution in [0, 0.1) is 5.41 Å². The minimum atomic E-state index is -0.983. The maximum Gasteiger partial charge on any atom is 0.310 e. The zero-order chi connectivity index (χ0) is 16.0. The van der Waals surface area contributed by atoms with Crippen molar-refractivity contribution in [1.29, 1.82) is 0 Å². The van der Waals surface area contributed by atoms with Crippen molar-refractivity contribution in [2.45, 2.75) is 40.2 Å². The van der Waals surface area contributed by atoms with Crippen molar-refractivity contribution < 1.29 is 19.4 Å². The maximum absolute atomic E-state index is 12.0. The van der Waals surface area contributed by atoms with Crippen LogP contribution in [-0.4, -0.2) is 29.6 Å². The SMILES string of the molecule is CC(C)Oc1ccccc1CC(=O)NCC(C)(C)C(=O)O. The molecule has 0 aromatic heterocycles. The summed E-state index contributed by atoms with van der Waals surface area (Å²) < 4.78 is 5.66. The molecule has 0 aliphatic heterocycles. The Morgan fingerprint density at radius 1 is 1.29 bits per heavy atom. The molecule has 0 bridgehead atoms. The van der Waals surface area contributed by atoms with Gasteiger partial charge in [0.15, 0.2) is 0 Å².